The minimum absolute atomic E-state index is 0.0127. The second-order valence-corrected chi connectivity index (χ2v) is 13.8. The van der Waals surface area contributed by atoms with E-state index in [9.17, 15) is 9.59 Å². The number of hydrogen-bond donors (Lipinski definition) is 1. The highest BCUT2D eigenvalue weighted by Crippen LogP contribution is 2.28. The minimum atomic E-state index is -0.708. The lowest BCUT2D eigenvalue weighted by Gasteiger charge is -2.31. The molecule has 0 amide bonds. The first-order valence-corrected chi connectivity index (χ1v) is 18.1. The van der Waals surface area contributed by atoms with E-state index in [-0.39, 0.29) is 17.8 Å². The van der Waals surface area contributed by atoms with Crippen molar-refractivity contribution in [3.63, 3.8) is 0 Å². The molecule has 2 saturated heterocycles. The summed E-state index contributed by atoms with van der Waals surface area (Å²) in [6.07, 6.45) is 9.90. The predicted molar refractivity (Wildman–Crippen MR) is 205 cm³/mol. The number of carboxylic acid groups (broad SMARTS) is 1. The van der Waals surface area contributed by atoms with E-state index in [4.69, 9.17) is 33.0 Å². The predicted octanol–water partition coefficient (Wildman–Crippen LogP) is 7.38. The third-order valence-corrected chi connectivity index (χ3v) is 10.3. The number of aromatic nitrogens is 6. The van der Waals surface area contributed by atoms with Gasteiger partial charge in [-0.2, -0.15) is 0 Å². The Morgan fingerprint density at radius 1 is 0.642 bits per heavy atom. The first-order chi connectivity index (χ1) is 25.8. The first kappa shape index (κ1) is 35.9. The number of aliphatic carboxylic acids is 1. The summed E-state index contributed by atoms with van der Waals surface area (Å²) in [6, 6.07) is 19.0. The van der Waals surface area contributed by atoms with Crippen LogP contribution in [0.25, 0.3) is 44.6 Å². The summed E-state index contributed by atoms with van der Waals surface area (Å²) in [4.78, 5) is 54.0. The van der Waals surface area contributed by atoms with Gasteiger partial charge in [0.2, 0.25) is 0 Å². The van der Waals surface area contributed by atoms with Gasteiger partial charge >= 0.3 is 11.9 Å². The summed E-state index contributed by atoms with van der Waals surface area (Å²) in [6.45, 7) is 2.97. The number of rotatable bonds is 6. The smallest absolute Gasteiger partial charge is 0.308 e. The van der Waals surface area contributed by atoms with E-state index in [0.717, 1.165) is 70.5 Å². The van der Waals surface area contributed by atoms with Crippen LogP contribution >= 0.6 is 23.2 Å². The van der Waals surface area contributed by atoms with Gasteiger partial charge in [0.1, 0.15) is 11.6 Å². The van der Waals surface area contributed by atoms with Crippen LogP contribution in [0.2, 0.25) is 10.0 Å². The molecule has 0 atom stereocenters. The highest BCUT2D eigenvalue weighted by molar-refractivity contribution is 6.35. The van der Waals surface area contributed by atoms with Crippen molar-refractivity contribution in [3.05, 3.63) is 95.5 Å². The van der Waals surface area contributed by atoms with Crippen molar-refractivity contribution < 1.29 is 19.4 Å². The van der Waals surface area contributed by atoms with Crippen LogP contribution < -0.4 is 9.80 Å². The van der Waals surface area contributed by atoms with Crippen molar-refractivity contribution in [2.24, 2.45) is 11.8 Å². The zero-order valence-electron chi connectivity index (χ0n) is 28.9. The maximum atomic E-state index is 11.6. The van der Waals surface area contributed by atoms with E-state index in [0.29, 0.717) is 47.6 Å². The molecule has 8 rings (SSSR count). The number of benzene rings is 2. The largest absolute Gasteiger partial charge is 0.481 e. The normalized spacial score (nSPS) is 15.2. The molecule has 0 bridgehead atoms. The molecule has 6 heterocycles. The van der Waals surface area contributed by atoms with Gasteiger partial charge < -0.3 is 19.6 Å². The number of methoxy groups -OCH3 is 1. The average molecular weight is 752 g/mol. The van der Waals surface area contributed by atoms with Crippen molar-refractivity contribution in [3.8, 4) is 22.8 Å². The third-order valence-electron chi connectivity index (χ3n) is 9.66. The molecule has 2 aromatic carbocycles. The molecule has 0 spiro atoms. The Morgan fingerprint density at radius 2 is 1.09 bits per heavy atom. The quantitative estimate of drug-likeness (QED) is 0.169. The molecule has 1 N–H and O–H groups in total. The summed E-state index contributed by atoms with van der Waals surface area (Å²) in [7, 11) is 1.44. The number of piperidine rings is 2. The van der Waals surface area contributed by atoms with Crippen molar-refractivity contribution in [1.82, 2.24) is 29.9 Å². The van der Waals surface area contributed by atoms with Gasteiger partial charge in [0.05, 0.1) is 40.0 Å². The van der Waals surface area contributed by atoms with Gasteiger partial charge in [-0.05, 0) is 62.1 Å². The monoisotopic (exact) mass is 750 g/mol. The Hall–Kier alpha value is -5.46. The molecule has 2 aliphatic rings. The van der Waals surface area contributed by atoms with Gasteiger partial charge in [-0.3, -0.25) is 9.59 Å². The number of esters is 1. The first-order valence-electron chi connectivity index (χ1n) is 17.3. The lowest BCUT2D eigenvalue weighted by atomic mass is 9.97. The second kappa shape index (κ2) is 16.1. The van der Waals surface area contributed by atoms with Crippen LogP contribution in [0.3, 0.4) is 0 Å². The number of carboxylic acids is 1. The average Bonchev–Trinajstić information content (AvgIpc) is 3.21. The zero-order valence-corrected chi connectivity index (χ0v) is 30.4. The topological polar surface area (TPSA) is 147 Å². The van der Waals surface area contributed by atoms with E-state index in [1.165, 1.54) is 7.11 Å². The van der Waals surface area contributed by atoms with Crippen molar-refractivity contribution in [1.29, 1.82) is 0 Å². The fraction of sp³-hybridized carbons (Fsp3) is 0.282. The number of carbonyl (C=O) groups excluding carboxylic acids is 1. The van der Waals surface area contributed by atoms with E-state index < -0.39 is 5.97 Å². The third kappa shape index (κ3) is 8.13. The Bertz CT molecular complexity index is 2240. The van der Waals surface area contributed by atoms with Gasteiger partial charge in [0.15, 0.2) is 11.6 Å². The Labute approximate surface area is 315 Å². The lowest BCUT2D eigenvalue weighted by Crippen LogP contribution is -2.37. The maximum absolute atomic E-state index is 11.6. The molecule has 0 unspecified atom stereocenters. The van der Waals surface area contributed by atoms with E-state index in [1.54, 1.807) is 24.8 Å². The van der Waals surface area contributed by atoms with Crippen LogP contribution in [0.5, 0.6) is 0 Å². The molecule has 0 radical (unpaired) electrons. The SMILES string of the molecule is COC(=O)C1CCN(c2ccc(-c3ncc4cccc(Cl)c4n3)cn2)CC1.O=C(O)C1CCN(c2ccc(-c3ncc4cccc(Cl)c4n3)cn2)CC1. The van der Waals surface area contributed by atoms with Crippen molar-refractivity contribution in [2.45, 2.75) is 25.7 Å². The van der Waals surface area contributed by atoms with E-state index in [1.807, 2.05) is 60.7 Å². The number of anilines is 2. The van der Waals surface area contributed by atoms with Gasteiger partial charge in [-0.25, -0.2) is 29.9 Å². The van der Waals surface area contributed by atoms with Crippen LogP contribution in [0, 0.1) is 11.8 Å². The summed E-state index contributed by atoms with van der Waals surface area (Å²) in [5, 5.41) is 12.1. The van der Waals surface area contributed by atoms with Gasteiger partial charge in [0, 0.05) is 72.9 Å². The number of para-hydroxylation sites is 2. The molecular formula is C39H36Cl2N8O4. The molecule has 4 aromatic heterocycles. The molecule has 0 saturated carbocycles. The second-order valence-electron chi connectivity index (χ2n) is 12.9. The van der Waals surface area contributed by atoms with Crippen LogP contribution in [0.1, 0.15) is 25.7 Å². The number of ether oxygens (including phenoxy) is 1. The molecule has 0 aliphatic carbocycles. The van der Waals surface area contributed by atoms with Crippen LogP contribution in [0.4, 0.5) is 11.6 Å². The summed E-state index contributed by atoms with van der Waals surface area (Å²) in [5.74, 6) is 1.82. The van der Waals surface area contributed by atoms with Crippen molar-refractivity contribution in [2.75, 3.05) is 43.1 Å². The maximum Gasteiger partial charge on any atom is 0.308 e. The minimum Gasteiger partial charge on any atom is -0.481 e. The molecule has 2 fully saturated rings. The summed E-state index contributed by atoms with van der Waals surface area (Å²) in [5.41, 5.74) is 3.11. The van der Waals surface area contributed by atoms with E-state index >= 15 is 0 Å². The molecule has 6 aromatic rings. The lowest BCUT2D eigenvalue weighted by molar-refractivity contribution is -0.146. The molecule has 2 aliphatic heterocycles. The molecule has 14 heteroatoms. The fourth-order valence-electron chi connectivity index (χ4n) is 6.59. The number of hydrogen-bond acceptors (Lipinski definition) is 11. The fourth-order valence-corrected chi connectivity index (χ4v) is 7.04. The summed E-state index contributed by atoms with van der Waals surface area (Å²) < 4.78 is 4.84. The molecule has 12 nitrogen and oxygen atoms in total. The van der Waals surface area contributed by atoms with Crippen LogP contribution in [-0.4, -0.2) is 80.2 Å². The molecule has 270 valence electrons. The van der Waals surface area contributed by atoms with Gasteiger partial charge in [0.25, 0.3) is 0 Å². The Kier molecular flexibility index (Phi) is 10.9. The number of fused-ring (bicyclic) bond motifs is 2. The standard InChI is InChI=1S/C20H19ClN4O2.C19H17ClN4O2/c1-27-20(26)13-7-9-25(10-8-13)17-6-5-15(12-22-17)19-23-11-14-3-2-4-16(21)18(14)24-19;20-15-3-1-2-13-10-22-18(23-17(13)15)14-4-5-16(21-11-14)24-8-6-12(7-9-24)19(25)26/h2-6,11-13H,7-10H2,1H3;1-5,10-12H,6-9H2,(H,25,26). The van der Waals surface area contributed by atoms with E-state index in [2.05, 4.69) is 39.7 Å². The zero-order chi connectivity index (χ0) is 36.9. The number of carbonyl (C=O) groups is 2. The Balaban J connectivity index is 0.000000164. The number of nitrogens with zero attached hydrogens (tertiary/aromatic N) is 8. The highest BCUT2D eigenvalue weighted by atomic mass is 35.5. The Morgan fingerprint density at radius 3 is 1.49 bits per heavy atom. The number of pyridine rings is 2. The number of halogens is 2. The molecular weight excluding hydrogens is 715 g/mol. The summed E-state index contributed by atoms with van der Waals surface area (Å²) >= 11 is 12.5. The van der Waals surface area contributed by atoms with Crippen LogP contribution in [0.15, 0.2) is 85.5 Å². The van der Waals surface area contributed by atoms with Crippen LogP contribution in [-0.2, 0) is 14.3 Å². The van der Waals surface area contributed by atoms with Crippen molar-refractivity contribution >= 4 is 68.6 Å². The van der Waals surface area contributed by atoms with Gasteiger partial charge in [-0.1, -0.05) is 47.5 Å². The highest BCUT2D eigenvalue weighted by Gasteiger charge is 2.27. The molecule has 53 heavy (non-hydrogen) atoms. The van der Waals surface area contributed by atoms with Gasteiger partial charge in [-0.15, -0.1) is 0 Å².